The number of anilines is 1. The molecule has 12 heavy (non-hydrogen) atoms. The van der Waals surface area contributed by atoms with Gasteiger partial charge in [-0.2, -0.15) is 0 Å². The molecule has 0 fully saturated rings. The third kappa shape index (κ3) is 2.81. The first-order chi connectivity index (χ1) is 5.83. The number of aromatic nitrogens is 1. The van der Waals surface area contributed by atoms with E-state index in [1.807, 2.05) is 6.07 Å². The van der Waals surface area contributed by atoms with Crippen molar-refractivity contribution < 1.29 is 0 Å². The molecule has 0 amide bonds. The molecular weight excluding hydrogens is 172 g/mol. The summed E-state index contributed by atoms with van der Waals surface area (Å²) in [7, 11) is 0. The average Bonchev–Trinajstić information content (AvgIpc) is 2.09. The second kappa shape index (κ2) is 4.63. The first-order valence-corrected chi connectivity index (χ1v) is 3.99. The molecule has 0 saturated carbocycles. The minimum absolute atomic E-state index is 0.637. The van der Waals surface area contributed by atoms with E-state index in [2.05, 4.69) is 16.2 Å². The van der Waals surface area contributed by atoms with Gasteiger partial charge in [0.15, 0.2) is 0 Å². The Morgan fingerprint density at radius 2 is 2.42 bits per heavy atom. The van der Waals surface area contributed by atoms with E-state index in [4.69, 9.17) is 18.0 Å². The summed E-state index contributed by atoms with van der Waals surface area (Å²) < 4.78 is 0. The Morgan fingerprint density at radius 3 is 3.00 bits per heavy atom. The van der Waals surface area contributed by atoms with Crippen molar-refractivity contribution in [3.63, 3.8) is 0 Å². The minimum atomic E-state index is 0.637. The van der Waals surface area contributed by atoms with Crippen LogP contribution in [0.5, 0.6) is 0 Å². The van der Waals surface area contributed by atoms with Crippen LogP contribution in [-0.4, -0.2) is 11.5 Å². The lowest BCUT2D eigenvalue weighted by atomic mass is 10.4. The fraction of sp³-hybridized carbons (Fsp3) is 0.222. The van der Waals surface area contributed by atoms with Crippen LogP contribution in [0.3, 0.4) is 0 Å². The molecule has 0 aliphatic rings. The summed E-state index contributed by atoms with van der Waals surface area (Å²) in [6.07, 6.45) is 7.38. The number of nitrogens with zero attached hydrogens (tertiary/aromatic N) is 1. The van der Waals surface area contributed by atoms with Crippen LogP contribution < -0.4 is 5.32 Å². The van der Waals surface area contributed by atoms with E-state index in [-0.39, 0.29) is 0 Å². The number of hydrogen-bond acceptors (Lipinski definition) is 2. The summed E-state index contributed by atoms with van der Waals surface area (Å²) in [5.74, 6) is 3.33. The van der Waals surface area contributed by atoms with Gasteiger partial charge in [0, 0.05) is 19.2 Å². The second-order valence-electron chi connectivity index (χ2n) is 2.24. The van der Waals surface area contributed by atoms with Crippen LogP contribution in [0.25, 0.3) is 0 Å². The molecule has 2 nitrogen and oxygen atoms in total. The highest BCUT2D eigenvalue weighted by molar-refractivity contribution is 6.30. The monoisotopic (exact) mass is 180 g/mol. The van der Waals surface area contributed by atoms with Crippen molar-refractivity contribution in [1.29, 1.82) is 0 Å². The van der Waals surface area contributed by atoms with E-state index < -0.39 is 0 Å². The smallest absolute Gasteiger partial charge is 0.126 e. The molecule has 0 aromatic carbocycles. The Kier molecular flexibility index (Phi) is 3.43. The third-order valence-electron chi connectivity index (χ3n) is 1.30. The normalized spacial score (nSPS) is 9.00. The second-order valence-corrected chi connectivity index (χ2v) is 2.68. The van der Waals surface area contributed by atoms with Gasteiger partial charge in [0.05, 0.1) is 5.02 Å². The van der Waals surface area contributed by atoms with Gasteiger partial charge in [-0.05, 0) is 12.1 Å². The minimum Gasteiger partial charge on any atom is -0.369 e. The Morgan fingerprint density at radius 1 is 1.58 bits per heavy atom. The Bertz CT molecular complexity index is 274. The van der Waals surface area contributed by atoms with E-state index in [9.17, 15) is 0 Å². The zero-order chi connectivity index (χ0) is 8.81. The highest BCUT2D eigenvalue weighted by Gasteiger charge is 1.91. The molecular formula is C9H9ClN2. The first kappa shape index (κ1) is 8.89. The summed E-state index contributed by atoms with van der Waals surface area (Å²) in [5.41, 5.74) is 0. The molecule has 0 aliphatic heterocycles. The maximum atomic E-state index is 5.65. The van der Waals surface area contributed by atoms with Crippen molar-refractivity contribution in [2.45, 2.75) is 6.42 Å². The molecule has 0 saturated heterocycles. The SMILES string of the molecule is C#CCCNc1ccc(Cl)cn1. The molecule has 0 aliphatic carbocycles. The lowest BCUT2D eigenvalue weighted by Gasteiger charge is -2.01. The average molecular weight is 181 g/mol. The zero-order valence-electron chi connectivity index (χ0n) is 6.55. The van der Waals surface area contributed by atoms with Crippen molar-refractivity contribution in [2.24, 2.45) is 0 Å². The van der Waals surface area contributed by atoms with Crippen molar-refractivity contribution >= 4 is 17.4 Å². The van der Waals surface area contributed by atoms with Crippen LogP contribution in [0.1, 0.15) is 6.42 Å². The first-order valence-electron chi connectivity index (χ1n) is 3.62. The number of halogens is 1. The van der Waals surface area contributed by atoms with Gasteiger partial charge in [0.2, 0.25) is 0 Å². The zero-order valence-corrected chi connectivity index (χ0v) is 7.30. The fourth-order valence-electron chi connectivity index (χ4n) is 0.743. The van der Waals surface area contributed by atoms with Crippen LogP contribution in [0.15, 0.2) is 18.3 Å². The largest absolute Gasteiger partial charge is 0.369 e. The number of hydrogen-bond donors (Lipinski definition) is 1. The molecule has 0 radical (unpaired) electrons. The summed E-state index contributed by atoms with van der Waals surface area (Å²) >= 11 is 5.65. The van der Waals surface area contributed by atoms with Crippen molar-refractivity contribution in [3.8, 4) is 12.3 Å². The predicted molar refractivity (Wildman–Crippen MR) is 51.2 cm³/mol. The van der Waals surface area contributed by atoms with E-state index in [1.165, 1.54) is 0 Å². The van der Waals surface area contributed by atoms with E-state index in [0.29, 0.717) is 11.4 Å². The van der Waals surface area contributed by atoms with Crippen LogP contribution in [0.2, 0.25) is 5.02 Å². The molecule has 62 valence electrons. The summed E-state index contributed by atoms with van der Waals surface area (Å²) in [4.78, 5) is 4.04. The van der Waals surface area contributed by atoms with Gasteiger partial charge >= 0.3 is 0 Å². The van der Waals surface area contributed by atoms with Gasteiger partial charge in [-0.3, -0.25) is 0 Å². The Labute approximate surface area is 77.0 Å². The van der Waals surface area contributed by atoms with E-state index in [0.717, 1.165) is 12.4 Å². The lowest BCUT2D eigenvalue weighted by molar-refractivity contribution is 1.07. The van der Waals surface area contributed by atoms with Crippen LogP contribution in [0.4, 0.5) is 5.82 Å². The molecule has 1 aromatic heterocycles. The number of rotatable bonds is 3. The van der Waals surface area contributed by atoms with E-state index >= 15 is 0 Å². The quantitative estimate of drug-likeness (QED) is 0.570. The van der Waals surface area contributed by atoms with Crippen LogP contribution >= 0.6 is 11.6 Å². The van der Waals surface area contributed by atoms with Gasteiger partial charge in [-0.15, -0.1) is 12.3 Å². The van der Waals surface area contributed by atoms with Gasteiger partial charge < -0.3 is 5.32 Å². The maximum Gasteiger partial charge on any atom is 0.126 e. The standard InChI is InChI=1S/C9H9ClN2/c1-2-3-6-11-9-5-4-8(10)7-12-9/h1,4-5,7H,3,6H2,(H,11,12). The van der Waals surface area contributed by atoms with Gasteiger partial charge in [-0.25, -0.2) is 4.98 Å². The number of terminal acetylenes is 1. The third-order valence-corrected chi connectivity index (χ3v) is 1.53. The van der Waals surface area contributed by atoms with Gasteiger partial charge in [0.1, 0.15) is 5.82 Å². The van der Waals surface area contributed by atoms with Crippen molar-refractivity contribution in [1.82, 2.24) is 4.98 Å². The maximum absolute atomic E-state index is 5.65. The Hall–Kier alpha value is -1.20. The molecule has 3 heteroatoms. The lowest BCUT2D eigenvalue weighted by Crippen LogP contribution is -2.01. The van der Waals surface area contributed by atoms with E-state index in [1.54, 1.807) is 12.3 Å². The predicted octanol–water partition coefficient (Wildman–Crippen LogP) is 2.17. The van der Waals surface area contributed by atoms with Gasteiger partial charge in [-0.1, -0.05) is 11.6 Å². The number of pyridine rings is 1. The molecule has 0 unspecified atom stereocenters. The Balaban J connectivity index is 2.43. The van der Waals surface area contributed by atoms with Crippen molar-refractivity contribution in [3.05, 3.63) is 23.4 Å². The molecule has 1 heterocycles. The summed E-state index contributed by atoms with van der Waals surface area (Å²) in [5, 5.41) is 3.70. The molecule has 1 rings (SSSR count). The molecule has 1 aromatic rings. The van der Waals surface area contributed by atoms with Crippen molar-refractivity contribution in [2.75, 3.05) is 11.9 Å². The molecule has 0 atom stereocenters. The fourth-order valence-corrected chi connectivity index (χ4v) is 0.855. The summed E-state index contributed by atoms with van der Waals surface area (Å²) in [6.45, 7) is 0.741. The highest BCUT2D eigenvalue weighted by atomic mass is 35.5. The molecule has 1 N–H and O–H groups in total. The molecule has 0 spiro atoms. The highest BCUT2D eigenvalue weighted by Crippen LogP contribution is 2.08. The van der Waals surface area contributed by atoms with Crippen LogP contribution in [-0.2, 0) is 0 Å². The summed E-state index contributed by atoms with van der Waals surface area (Å²) in [6, 6.07) is 3.60. The topological polar surface area (TPSA) is 24.9 Å². The number of nitrogens with one attached hydrogen (secondary N) is 1. The van der Waals surface area contributed by atoms with Gasteiger partial charge in [0.25, 0.3) is 0 Å². The van der Waals surface area contributed by atoms with Crippen LogP contribution in [0, 0.1) is 12.3 Å². The molecule has 0 bridgehead atoms.